The Morgan fingerprint density at radius 1 is 1.06 bits per heavy atom. The van der Waals surface area contributed by atoms with Crippen molar-refractivity contribution in [1.82, 2.24) is 19.9 Å². The van der Waals surface area contributed by atoms with Gasteiger partial charge in [-0.05, 0) is 66.9 Å². The number of nitrogen functional groups attached to an aromatic ring is 1. The van der Waals surface area contributed by atoms with Crippen LogP contribution in [0.3, 0.4) is 0 Å². The number of likely N-dealkylation sites (N-methyl/N-ethyl adjacent to an activating group) is 1. The molecule has 32 heavy (non-hydrogen) atoms. The number of nitrogens with one attached hydrogen (secondary N) is 1. The largest absolute Gasteiger partial charge is 0.383 e. The van der Waals surface area contributed by atoms with E-state index in [2.05, 4.69) is 44.3 Å². The van der Waals surface area contributed by atoms with Crippen LogP contribution in [0.15, 0.2) is 67.1 Å². The maximum absolute atomic E-state index is 12.6. The van der Waals surface area contributed by atoms with Gasteiger partial charge in [-0.3, -0.25) is 4.79 Å². The van der Waals surface area contributed by atoms with Crippen LogP contribution < -0.4 is 11.1 Å². The van der Waals surface area contributed by atoms with Gasteiger partial charge in [0.25, 0.3) is 5.91 Å². The number of nitrogens with two attached hydrogens (primary N) is 1. The van der Waals surface area contributed by atoms with Gasteiger partial charge in [0.2, 0.25) is 0 Å². The zero-order valence-corrected chi connectivity index (χ0v) is 17.8. The first kappa shape index (κ1) is 20.1. The molecule has 1 unspecified atom stereocenters. The highest BCUT2D eigenvalue weighted by Gasteiger charge is 2.25. The molecule has 3 heterocycles. The van der Waals surface area contributed by atoms with Gasteiger partial charge in [0, 0.05) is 18.3 Å². The molecule has 1 aliphatic heterocycles. The molecule has 0 saturated carbocycles. The summed E-state index contributed by atoms with van der Waals surface area (Å²) < 4.78 is 0. The molecule has 160 valence electrons. The van der Waals surface area contributed by atoms with Crippen LogP contribution in [0.25, 0.3) is 22.0 Å². The lowest BCUT2D eigenvalue weighted by molar-refractivity contribution is 0.102. The van der Waals surface area contributed by atoms with Crippen molar-refractivity contribution < 1.29 is 4.79 Å². The lowest BCUT2D eigenvalue weighted by Crippen LogP contribution is -2.13. The highest BCUT2D eigenvalue weighted by molar-refractivity contribution is 6.05. The van der Waals surface area contributed by atoms with Crippen LogP contribution in [-0.4, -0.2) is 45.9 Å². The topological polar surface area (TPSA) is 97.0 Å². The summed E-state index contributed by atoms with van der Waals surface area (Å²) in [7, 11) is 2.14. The summed E-state index contributed by atoms with van der Waals surface area (Å²) in [6, 6.07) is 17.1. The van der Waals surface area contributed by atoms with Gasteiger partial charge in [-0.2, -0.15) is 0 Å². The molecule has 2 aromatic carbocycles. The molecule has 0 aliphatic carbocycles. The zero-order chi connectivity index (χ0) is 22.1. The third-order valence-electron chi connectivity index (χ3n) is 6.04. The molecule has 3 N–H and O–H groups in total. The normalized spacial score (nSPS) is 16.3. The highest BCUT2D eigenvalue weighted by atomic mass is 16.1. The smallest absolute Gasteiger partial charge is 0.256 e. The van der Waals surface area contributed by atoms with Crippen molar-refractivity contribution in [3.8, 4) is 11.1 Å². The monoisotopic (exact) mass is 424 g/mol. The number of carbonyl (C=O) groups is 1. The second-order valence-electron chi connectivity index (χ2n) is 8.18. The summed E-state index contributed by atoms with van der Waals surface area (Å²) >= 11 is 0. The van der Waals surface area contributed by atoms with Crippen LogP contribution in [0, 0.1) is 0 Å². The molecule has 1 atom stereocenters. The van der Waals surface area contributed by atoms with Gasteiger partial charge in [0.05, 0.1) is 10.9 Å². The Morgan fingerprint density at radius 3 is 2.62 bits per heavy atom. The Kier molecular flexibility index (Phi) is 5.25. The van der Waals surface area contributed by atoms with Crippen LogP contribution in [0.2, 0.25) is 0 Å². The van der Waals surface area contributed by atoms with E-state index in [0.717, 1.165) is 41.5 Å². The molecule has 0 spiro atoms. The molecular weight excluding hydrogens is 400 g/mol. The summed E-state index contributed by atoms with van der Waals surface area (Å²) in [4.78, 5) is 27.9. The van der Waals surface area contributed by atoms with Crippen LogP contribution in [0.4, 0.5) is 11.6 Å². The summed E-state index contributed by atoms with van der Waals surface area (Å²) in [6.45, 7) is 2.09. The predicted octanol–water partition coefficient (Wildman–Crippen LogP) is 3.95. The van der Waals surface area contributed by atoms with E-state index < -0.39 is 0 Å². The number of amides is 1. The average Bonchev–Trinajstić information content (AvgIpc) is 3.25. The van der Waals surface area contributed by atoms with E-state index in [4.69, 9.17) is 5.73 Å². The van der Waals surface area contributed by atoms with Crippen LogP contribution in [-0.2, 0) is 0 Å². The van der Waals surface area contributed by atoms with Crippen molar-refractivity contribution in [2.75, 3.05) is 31.2 Å². The molecule has 7 nitrogen and oxygen atoms in total. The second kappa shape index (κ2) is 8.36. The third kappa shape index (κ3) is 3.78. The van der Waals surface area contributed by atoms with Gasteiger partial charge in [-0.15, -0.1) is 0 Å². The zero-order valence-electron chi connectivity index (χ0n) is 17.8. The number of hydrogen-bond donors (Lipinski definition) is 2. The lowest BCUT2D eigenvalue weighted by atomic mass is 9.91. The maximum Gasteiger partial charge on any atom is 0.256 e. The molecule has 1 amide bonds. The predicted molar refractivity (Wildman–Crippen MR) is 126 cm³/mol. The molecule has 2 aromatic heterocycles. The first-order valence-electron chi connectivity index (χ1n) is 10.6. The van der Waals surface area contributed by atoms with Gasteiger partial charge in [0.1, 0.15) is 18.0 Å². The molecular formula is C25H24N6O. The quantitative estimate of drug-likeness (QED) is 0.515. The SMILES string of the molecule is CN1CCC(c2ccc(-c3ccc(C(=O)Nc4ccccn4)cc3)c3c(N)ncnc23)C1. The third-order valence-corrected chi connectivity index (χ3v) is 6.04. The first-order valence-corrected chi connectivity index (χ1v) is 10.6. The molecule has 4 aromatic rings. The molecule has 1 saturated heterocycles. The van der Waals surface area contributed by atoms with Crippen LogP contribution in [0.1, 0.15) is 28.3 Å². The van der Waals surface area contributed by atoms with Crippen molar-refractivity contribution in [3.63, 3.8) is 0 Å². The fourth-order valence-corrected chi connectivity index (χ4v) is 4.40. The van der Waals surface area contributed by atoms with E-state index >= 15 is 0 Å². The average molecular weight is 425 g/mol. The maximum atomic E-state index is 12.6. The van der Waals surface area contributed by atoms with Gasteiger partial charge in [0.15, 0.2) is 0 Å². The minimum atomic E-state index is -0.205. The summed E-state index contributed by atoms with van der Waals surface area (Å²) in [6.07, 6.45) is 4.28. The number of hydrogen-bond acceptors (Lipinski definition) is 6. The number of rotatable bonds is 4. The number of pyridine rings is 1. The van der Waals surface area contributed by atoms with Gasteiger partial charge < -0.3 is 16.0 Å². The van der Waals surface area contributed by atoms with Crippen molar-refractivity contribution >= 4 is 28.4 Å². The second-order valence-corrected chi connectivity index (χ2v) is 8.18. The van der Waals surface area contributed by atoms with Gasteiger partial charge in [-0.25, -0.2) is 15.0 Å². The Bertz CT molecular complexity index is 1270. The number of carbonyl (C=O) groups excluding carboxylic acids is 1. The van der Waals surface area contributed by atoms with E-state index in [1.807, 2.05) is 18.2 Å². The summed E-state index contributed by atoms with van der Waals surface area (Å²) in [5.41, 5.74) is 10.9. The number of likely N-dealkylation sites (tertiary alicyclic amines) is 1. The number of anilines is 2. The Hall–Kier alpha value is -3.84. The van der Waals surface area contributed by atoms with Crippen LogP contribution in [0.5, 0.6) is 0 Å². The van der Waals surface area contributed by atoms with E-state index in [1.54, 1.807) is 30.5 Å². The molecule has 0 radical (unpaired) electrons. The van der Waals surface area contributed by atoms with E-state index in [9.17, 15) is 4.79 Å². The van der Waals surface area contributed by atoms with Crippen LogP contribution >= 0.6 is 0 Å². The van der Waals surface area contributed by atoms with Gasteiger partial charge in [-0.1, -0.05) is 30.3 Å². The standard InChI is InChI=1S/C25H24N6O/c1-31-13-11-18(14-31)20-10-9-19(22-23(20)28-15-29-24(22)26)16-5-7-17(8-6-16)25(32)30-21-4-2-3-12-27-21/h2-10,12,15,18H,11,13-14H2,1H3,(H2,26,28,29)(H,27,30,32). The minimum Gasteiger partial charge on any atom is -0.383 e. The Labute approximate surface area is 186 Å². The lowest BCUT2D eigenvalue weighted by Gasteiger charge is -2.16. The molecule has 7 heteroatoms. The Balaban J connectivity index is 1.49. The highest BCUT2D eigenvalue weighted by Crippen LogP contribution is 2.37. The molecule has 1 aliphatic rings. The minimum absolute atomic E-state index is 0.205. The number of fused-ring (bicyclic) bond motifs is 1. The Morgan fingerprint density at radius 2 is 1.91 bits per heavy atom. The summed E-state index contributed by atoms with van der Waals surface area (Å²) in [5, 5.41) is 3.67. The summed E-state index contributed by atoms with van der Waals surface area (Å²) in [5.74, 6) is 1.22. The van der Waals surface area contributed by atoms with Crippen molar-refractivity contribution in [2.24, 2.45) is 0 Å². The van der Waals surface area contributed by atoms with Crippen molar-refractivity contribution in [3.05, 3.63) is 78.2 Å². The van der Waals surface area contributed by atoms with Gasteiger partial charge >= 0.3 is 0 Å². The number of nitrogens with zero attached hydrogens (tertiary/aromatic N) is 4. The first-order chi connectivity index (χ1) is 15.6. The number of aromatic nitrogens is 3. The van der Waals surface area contributed by atoms with Crippen molar-refractivity contribution in [2.45, 2.75) is 12.3 Å². The fraction of sp³-hybridized carbons (Fsp3) is 0.200. The molecule has 0 bridgehead atoms. The van der Waals surface area contributed by atoms with E-state index in [1.165, 1.54) is 11.9 Å². The number of benzene rings is 2. The van der Waals surface area contributed by atoms with E-state index in [0.29, 0.717) is 23.1 Å². The van der Waals surface area contributed by atoms with Crippen molar-refractivity contribution in [1.29, 1.82) is 0 Å². The fourth-order valence-electron chi connectivity index (χ4n) is 4.40. The molecule has 5 rings (SSSR count). The molecule has 1 fully saturated rings. The van der Waals surface area contributed by atoms with E-state index in [-0.39, 0.29) is 5.91 Å².